The molecule has 1 aromatic heterocycles. The van der Waals surface area contributed by atoms with Crippen LogP contribution in [0, 0.1) is 24.2 Å². The Hall–Kier alpha value is -3.52. The first-order valence-corrected chi connectivity index (χ1v) is 12.3. The molecule has 4 nitrogen and oxygen atoms in total. The van der Waals surface area contributed by atoms with Crippen LogP contribution in [-0.4, -0.2) is 15.3 Å². The summed E-state index contributed by atoms with van der Waals surface area (Å²) in [5.74, 6) is 0.782. The van der Waals surface area contributed by atoms with Crippen molar-refractivity contribution in [1.29, 1.82) is 0 Å². The van der Waals surface area contributed by atoms with Gasteiger partial charge in [-0.3, -0.25) is 0 Å². The highest BCUT2D eigenvalue weighted by Crippen LogP contribution is 2.50. The highest BCUT2D eigenvalue weighted by atomic mass is 19.1. The summed E-state index contributed by atoms with van der Waals surface area (Å²) in [5, 5.41) is 0. The molecule has 0 spiro atoms. The van der Waals surface area contributed by atoms with E-state index >= 15 is 0 Å². The molecular weight excluding hydrogens is 437 g/mol. The van der Waals surface area contributed by atoms with Crippen LogP contribution in [0.2, 0.25) is 0 Å². The molecule has 0 N–H and O–H groups in total. The summed E-state index contributed by atoms with van der Waals surface area (Å²) in [6.07, 6.45) is 3.43. The Morgan fingerprint density at radius 3 is 2.57 bits per heavy atom. The number of rotatable bonds is 4. The molecule has 0 fully saturated rings. The molecule has 2 aliphatic rings. The smallest absolute Gasteiger partial charge is 0.226 e. The molecule has 3 aromatic rings. The summed E-state index contributed by atoms with van der Waals surface area (Å²) in [4.78, 5) is 21.5. The SMILES string of the molecule is [C-]#[N+]C1=C[C@@]2(C)c3nc(-c4ccc(C(C)C)cc4)n(Cc4ccccc4F)c3CC[C@@H]2[C@@H](C)C1=O. The number of Topliss-reactive ketones (excluding diaryl/α,β-unsaturated/α-hetero) is 1. The van der Waals surface area contributed by atoms with Gasteiger partial charge in [-0.15, -0.1) is 0 Å². The van der Waals surface area contributed by atoms with Crippen LogP contribution in [0.5, 0.6) is 0 Å². The van der Waals surface area contributed by atoms with Gasteiger partial charge in [-0.05, 0) is 36.3 Å². The Morgan fingerprint density at radius 1 is 1.20 bits per heavy atom. The van der Waals surface area contributed by atoms with E-state index in [0.29, 0.717) is 18.0 Å². The van der Waals surface area contributed by atoms with Gasteiger partial charge >= 0.3 is 0 Å². The van der Waals surface area contributed by atoms with Crippen molar-refractivity contribution < 1.29 is 9.18 Å². The fourth-order valence-corrected chi connectivity index (χ4v) is 5.95. The van der Waals surface area contributed by atoms with Crippen LogP contribution in [0.4, 0.5) is 4.39 Å². The van der Waals surface area contributed by atoms with Crippen molar-refractivity contribution in [3.8, 4) is 11.4 Å². The monoisotopic (exact) mass is 467 g/mol. The van der Waals surface area contributed by atoms with E-state index in [0.717, 1.165) is 35.6 Å². The van der Waals surface area contributed by atoms with Gasteiger partial charge in [-0.1, -0.05) is 76.2 Å². The van der Waals surface area contributed by atoms with E-state index in [2.05, 4.69) is 54.4 Å². The predicted molar refractivity (Wildman–Crippen MR) is 135 cm³/mol. The molecule has 178 valence electrons. The van der Waals surface area contributed by atoms with Crippen LogP contribution in [0.1, 0.15) is 62.5 Å². The lowest BCUT2D eigenvalue weighted by Crippen LogP contribution is -2.45. The number of fused-ring (bicyclic) bond motifs is 3. The Balaban J connectivity index is 1.71. The van der Waals surface area contributed by atoms with Gasteiger partial charge in [0.05, 0.1) is 18.8 Å². The molecule has 35 heavy (non-hydrogen) atoms. The van der Waals surface area contributed by atoms with Crippen molar-refractivity contribution in [2.45, 2.75) is 58.4 Å². The second-order valence-electron chi connectivity index (χ2n) is 10.4. The lowest BCUT2D eigenvalue weighted by molar-refractivity contribution is -0.121. The van der Waals surface area contributed by atoms with Crippen LogP contribution in [-0.2, 0) is 23.2 Å². The van der Waals surface area contributed by atoms with E-state index in [1.54, 1.807) is 6.07 Å². The van der Waals surface area contributed by atoms with Crippen molar-refractivity contribution in [3.05, 3.63) is 100 Å². The Bertz CT molecular complexity index is 1380. The summed E-state index contributed by atoms with van der Waals surface area (Å²) in [7, 11) is 0. The minimum atomic E-state index is -0.520. The third kappa shape index (κ3) is 3.72. The largest absolute Gasteiger partial charge is 0.323 e. The first-order chi connectivity index (χ1) is 16.7. The van der Waals surface area contributed by atoms with E-state index in [9.17, 15) is 9.18 Å². The quantitative estimate of drug-likeness (QED) is 0.400. The predicted octanol–water partition coefficient (Wildman–Crippen LogP) is 6.70. The Kier molecular flexibility index (Phi) is 5.71. The molecule has 0 saturated carbocycles. The van der Waals surface area contributed by atoms with Crippen LogP contribution >= 0.6 is 0 Å². The van der Waals surface area contributed by atoms with Crippen LogP contribution < -0.4 is 0 Å². The number of imidazole rings is 1. The number of hydrogen-bond acceptors (Lipinski definition) is 2. The highest BCUT2D eigenvalue weighted by molar-refractivity contribution is 6.00. The summed E-state index contributed by atoms with van der Waals surface area (Å²) in [5.41, 5.74) is 4.51. The van der Waals surface area contributed by atoms with Gasteiger partial charge in [0.15, 0.2) is 5.78 Å². The molecule has 0 radical (unpaired) electrons. The van der Waals surface area contributed by atoms with Gasteiger partial charge in [0, 0.05) is 28.2 Å². The lowest BCUT2D eigenvalue weighted by atomic mass is 9.59. The Morgan fingerprint density at radius 2 is 1.91 bits per heavy atom. The second kappa shape index (κ2) is 8.61. The lowest BCUT2D eigenvalue weighted by Gasteiger charge is -2.44. The normalized spacial score (nSPS) is 23.5. The number of halogens is 1. The minimum Gasteiger partial charge on any atom is -0.323 e. The van der Waals surface area contributed by atoms with Crippen LogP contribution in [0.25, 0.3) is 16.2 Å². The zero-order valence-electron chi connectivity index (χ0n) is 20.7. The van der Waals surface area contributed by atoms with Crippen molar-refractivity contribution in [1.82, 2.24) is 9.55 Å². The topological polar surface area (TPSA) is 39.2 Å². The van der Waals surface area contributed by atoms with Gasteiger partial charge in [0.25, 0.3) is 0 Å². The number of carbonyl (C=O) groups is 1. The van der Waals surface area contributed by atoms with E-state index in [1.165, 1.54) is 11.6 Å². The number of allylic oxidation sites excluding steroid dienone is 2. The summed E-state index contributed by atoms with van der Waals surface area (Å²) in [6.45, 7) is 16.3. The maximum absolute atomic E-state index is 14.7. The summed E-state index contributed by atoms with van der Waals surface area (Å²) < 4.78 is 16.9. The second-order valence-corrected chi connectivity index (χ2v) is 10.4. The molecule has 0 saturated heterocycles. The number of carbonyl (C=O) groups excluding carboxylic acids is 1. The van der Waals surface area contributed by atoms with Gasteiger partial charge < -0.3 is 9.36 Å². The van der Waals surface area contributed by atoms with E-state index in [1.807, 2.05) is 25.1 Å². The highest BCUT2D eigenvalue weighted by Gasteiger charge is 2.50. The molecule has 3 atom stereocenters. The maximum Gasteiger partial charge on any atom is 0.226 e. The number of hydrogen-bond donors (Lipinski definition) is 0. The van der Waals surface area contributed by atoms with Gasteiger partial charge in [-0.25, -0.2) is 14.2 Å². The number of ketones is 1. The third-order valence-corrected chi connectivity index (χ3v) is 7.99. The molecule has 5 heteroatoms. The Labute approximate surface area is 206 Å². The van der Waals surface area contributed by atoms with Gasteiger partial charge in [-0.2, -0.15) is 0 Å². The molecule has 0 unspecified atom stereocenters. The van der Waals surface area contributed by atoms with E-state index in [-0.39, 0.29) is 29.1 Å². The number of benzene rings is 2. The van der Waals surface area contributed by atoms with Crippen molar-refractivity contribution >= 4 is 5.78 Å². The number of aromatic nitrogens is 2. The zero-order chi connectivity index (χ0) is 24.9. The standard InChI is InChI=1S/C30H30FN3O/c1-18(2)20-10-12-21(13-11-20)29-33-28-26(34(29)17-22-8-6-7-9-24(22)31)15-14-23-19(3)27(35)25(32-5)16-30(23,28)4/h6-13,16,18-19,23H,14-15,17H2,1-4H3/t19-,23-,30-/m1/s1. The summed E-state index contributed by atoms with van der Waals surface area (Å²) in [6, 6.07) is 15.3. The van der Waals surface area contributed by atoms with Gasteiger partial charge in [0.1, 0.15) is 11.6 Å². The first-order valence-electron chi connectivity index (χ1n) is 12.3. The molecule has 5 rings (SSSR count). The molecule has 1 heterocycles. The fraction of sp³-hybridized carbons (Fsp3) is 0.367. The average molecular weight is 468 g/mol. The van der Waals surface area contributed by atoms with Crippen molar-refractivity contribution in [2.24, 2.45) is 11.8 Å². The van der Waals surface area contributed by atoms with Crippen LogP contribution in [0.3, 0.4) is 0 Å². The van der Waals surface area contributed by atoms with Crippen molar-refractivity contribution in [2.75, 3.05) is 0 Å². The zero-order valence-corrected chi connectivity index (χ0v) is 20.7. The van der Waals surface area contributed by atoms with Crippen molar-refractivity contribution in [3.63, 3.8) is 0 Å². The fourth-order valence-electron chi connectivity index (χ4n) is 5.95. The maximum atomic E-state index is 14.7. The molecule has 0 bridgehead atoms. The molecule has 0 aliphatic heterocycles. The van der Waals surface area contributed by atoms with E-state index in [4.69, 9.17) is 11.6 Å². The first kappa shape index (κ1) is 23.2. The van der Waals surface area contributed by atoms with E-state index < -0.39 is 5.41 Å². The van der Waals surface area contributed by atoms with Crippen LogP contribution in [0.15, 0.2) is 60.3 Å². The molecule has 0 amide bonds. The third-order valence-electron chi connectivity index (χ3n) is 7.99. The van der Waals surface area contributed by atoms with Gasteiger partial charge in [0.2, 0.25) is 5.70 Å². The molecular formula is C30H30FN3O. The number of nitrogens with zero attached hydrogens (tertiary/aromatic N) is 3. The summed E-state index contributed by atoms with van der Waals surface area (Å²) >= 11 is 0. The minimum absolute atomic E-state index is 0.0683. The molecule has 2 aliphatic carbocycles. The average Bonchev–Trinajstić information content (AvgIpc) is 3.22. The molecule has 2 aromatic carbocycles.